The molecule has 0 aliphatic heterocycles. The molecule has 3 aromatic rings. The number of H-pyrrole nitrogens is 1. The minimum atomic E-state index is 0.497. The van der Waals surface area contributed by atoms with E-state index in [4.69, 9.17) is 10.7 Å². The van der Waals surface area contributed by atoms with Gasteiger partial charge in [0.15, 0.2) is 0 Å². The summed E-state index contributed by atoms with van der Waals surface area (Å²) in [5.41, 5.74) is 11.0. The summed E-state index contributed by atoms with van der Waals surface area (Å²) >= 11 is 3.63. The second-order valence-corrected chi connectivity index (χ2v) is 5.33. The van der Waals surface area contributed by atoms with Crippen LogP contribution in [0.1, 0.15) is 11.1 Å². The number of fused-ring (bicyclic) bond motifs is 1. The Morgan fingerprint density at radius 3 is 2.79 bits per heavy atom. The fourth-order valence-electron chi connectivity index (χ4n) is 2.21. The van der Waals surface area contributed by atoms with E-state index in [-0.39, 0.29) is 0 Å². The van der Waals surface area contributed by atoms with Gasteiger partial charge in [-0.1, -0.05) is 30.3 Å². The maximum absolute atomic E-state index is 5.75. The third kappa shape index (κ3) is 2.07. The summed E-state index contributed by atoms with van der Waals surface area (Å²) in [7, 11) is 0. The molecule has 1 aromatic heterocycles. The van der Waals surface area contributed by atoms with Crippen LogP contribution in [0.3, 0.4) is 0 Å². The summed E-state index contributed by atoms with van der Waals surface area (Å²) in [4.78, 5) is 8.05. The number of aromatic amines is 1. The molecule has 0 bridgehead atoms. The lowest BCUT2D eigenvalue weighted by atomic mass is 10.1. The quantitative estimate of drug-likeness (QED) is 0.756. The van der Waals surface area contributed by atoms with E-state index in [1.807, 2.05) is 24.3 Å². The first-order chi connectivity index (χ1) is 9.20. The molecule has 2 aromatic carbocycles. The second-order valence-electron chi connectivity index (χ2n) is 4.54. The lowest BCUT2D eigenvalue weighted by Crippen LogP contribution is -1.96. The minimum Gasteiger partial charge on any atom is -0.338 e. The minimum absolute atomic E-state index is 0.497. The van der Waals surface area contributed by atoms with Crippen LogP contribution in [0.25, 0.3) is 22.4 Å². The zero-order valence-electron chi connectivity index (χ0n) is 10.6. The summed E-state index contributed by atoms with van der Waals surface area (Å²) in [6.45, 7) is 2.57. The third-order valence-corrected chi connectivity index (χ3v) is 4.32. The number of nitrogens with zero attached hydrogens (tertiary/aromatic N) is 1. The van der Waals surface area contributed by atoms with E-state index < -0.39 is 0 Å². The highest BCUT2D eigenvalue weighted by molar-refractivity contribution is 9.10. The first-order valence-electron chi connectivity index (χ1n) is 6.14. The van der Waals surface area contributed by atoms with Gasteiger partial charge in [0.25, 0.3) is 0 Å². The maximum Gasteiger partial charge on any atom is 0.139 e. The molecule has 0 atom stereocenters. The van der Waals surface area contributed by atoms with Crippen molar-refractivity contribution in [2.24, 2.45) is 5.73 Å². The zero-order chi connectivity index (χ0) is 13.4. The lowest BCUT2D eigenvalue weighted by molar-refractivity contribution is 1.08. The Balaban J connectivity index is 2.24. The summed E-state index contributed by atoms with van der Waals surface area (Å²) in [6.07, 6.45) is 0. The lowest BCUT2D eigenvalue weighted by Gasteiger charge is -2.03. The van der Waals surface area contributed by atoms with Crippen LogP contribution in [-0.2, 0) is 6.54 Å². The number of imidazole rings is 1. The number of halogens is 1. The molecule has 3 rings (SSSR count). The Labute approximate surface area is 120 Å². The van der Waals surface area contributed by atoms with Crippen LogP contribution in [0.5, 0.6) is 0 Å². The van der Waals surface area contributed by atoms with Crippen molar-refractivity contribution in [3.8, 4) is 11.4 Å². The van der Waals surface area contributed by atoms with Crippen molar-refractivity contribution in [2.45, 2.75) is 13.5 Å². The fourth-order valence-corrected chi connectivity index (χ4v) is 2.67. The van der Waals surface area contributed by atoms with Gasteiger partial charge < -0.3 is 10.7 Å². The molecule has 3 N–H and O–H groups in total. The van der Waals surface area contributed by atoms with E-state index in [0.717, 1.165) is 32.5 Å². The molecule has 0 saturated carbocycles. The Bertz CT molecular complexity index is 746. The van der Waals surface area contributed by atoms with Gasteiger partial charge in [0.2, 0.25) is 0 Å². The molecule has 0 spiro atoms. The summed E-state index contributed by atoms with van der Waals surface area (Å²) in [6, 6.07) is 12.2. The SMILES string of the molecule is Cc1cccc(-c2nc3c(CN)cccc3[nH]2)c1Br. The zero-order valence-corrected chi connectivity index (χ0v) is 12.2. The highest BCUT2D eigenvalue weighted by Gasteiger charge is 2.11. The van der Waals surface area contributed by atoms with Crippen LogP contribution in [0.15, 0.2) is 40.9 Å². The number of nitrogens with one attached hydrogen (secondary N) is 1. The van der Waals surface area contributed by atoms with Crippen molar-refractivity contribution in [3.05, 3.63) is 52.0 Å². The molecule has 0 radical (unpaired) electrons. The number of benzene rings is 2. The predicted octanol–water partition coefficient (Wildman–Crippen LogP) is 3.76. The fraction of sp³-hybridized carbons (Fsp3) is 0.133. The van der Waals surface area contributed by atoms with E-state index in [0.29, 0.717) is 6.54 Å². The van der Waals surface area contributed by atoms with Crippen molar-refractivity contribution < 1.29 is 0 Å². The summed E-state index contributed by atoms with van der Waals surface area (Å²) < 4.78 is 1.07. The van der Waals surface area contributed by atoms with Gasteiger partial charge in [-0.05, 0) is 40.0 Å². The number of rotatable bonds is 2. The standard InChI is InChI=1S/C15H14BrN3/c1-9-4-2-6-11(13(9)16)15-18-12-7-3-5-10(8-17)14(12)19-15/h2-7H,8,17H2,1H3,(H,18,19). The highest BCUT2D eigenvalue weighted by Crippen LogP contribution is 2.30. The Morgan fingerprint density at radius 1 is 1.21 bits per heavy atom. The maximum atomic E-state index is 5.75. The molecule has 0 unspecified atom stereocenters. The van der Waals surface area contributed by atoms with E-state index in [1.165, 1.54) is 5.56 Å². The molecular formula is C15H14BrN3. The molecular weight excluding hydrogens is 302 g/mol. The van der Waals surface area contributed by atoms with Crippen molar-refractivity contribution in [1.29, 1.82) is 0 Å². The van der Waals surface area contributed by atoms with Gasteiger partial charge in [-0.3, -0.25) is 0 Å². The Hall–Kier alpha value is -1.65. The van der Waals surface area contributed by atoms with Gasteiger partial charge in [-0.25, -0.2) is 4.98 Å². The normalized spacial score (nSPS) is 11.1. The first kappa shape index (κ1) is 12.4. The van der Waals surface area contributed by atoms with Gasteiger partial charge in [0, 0.05) is 16.6 Å². The average molecular weight is 316 g/mol. The average Bonchev–Trinajstić information content (AvgIpc) is 2.85. The molecule has 3 nitrogen and oxygen atoms in total. The molecule has 0 saturated heterocycles. The Kier molecular flexibility index (Phi) is 3.12. The van der Waals surface area contributed by atoms with Gasteiger partial charge >= 0.3 is 0 Å². The molecule has 19 heavy (non-hydrogen) atoms. The third-order valence-electron chi connectivity index (χ3n) is 3.26. The van der Waals surface area contributed by atoms with Crippen molar-refractivity contribution in [3.63, 3.8) is 0 Å². The molecule has 0 aliphatic rings. The number of aromatic nitrogens is 2. The van der Waals surface area contributed by atoms with Gasteiger partial charge in [0.1, 0.15) is 5.82 Å². The highest BCUT2D eigenvalue weighted by atomic mass is 79.9. The molecule has 0 fully saturated rings. The van der Waals surface area contributed by atoms with Gasteiger partial charge in [-0.15, -0.1) is 0 Å². The van der Waals surface area contributed by atoms with E-state index in [9.17, 15) is 0 Å². The molecule has 4 heteroatoms. The van der Waals surface area contributed by atoms with Gasteiger partial charge in [0.05, 0.1) is 11.0 Å². The van der Waals surface area contributed by atoms with Crippen molar-refractivity contribution in [2.75, 3.05) is 0 Å². The largest absolute Gasteiger partial charge is 0.338 e. The van der Waals surface area contributed by atoms with Crippen LogP contribution < -0.4 is 5.73 Å². The van der Waals surface area contributed by atoms with E-state index in [1.54, 1.807) is 0 Å². The van der Waals surface area contributed by atoms with Crippen LogP contribution >= 0.6 is 15.9 Å². The summed E-state index contributed by atoms with van der Waals surface area (Å²) in [5.74, 6) is 0.867. The molecule has 0 aliphatic carbocycles. The Morgan fingerprint density at radius 2 is 2.00 bits per heavy atom. The number of hydrogen-bond acceptors (Lipinski definition) is 2. The summed E-state index contributed by atoms with van der Waals surface area (Å²) in [5, 5.41) is 0. The second kappa shape index (κ2) is 4.79. The number of hydrogen-bond donors (Lipinski definition) is 2. The van der Waals surface area contributed by atoms with Crippen molar-refractivity contribution in [1.82, 2.24) is 9.97 Å². The molecule has 96 valence electrons. The van der Waals surface area contributed by atoms with Crippen LogP contribution in [0.4, 0.5) is 0 Å². The smallest absolute Gasteiger partial charge is 0.139 e. The monoisotopic (exact) mass is 315 g/mol. The van der Waals surface area contributed by atoms with Crippen LogP contribution in [0, 0.1) is 6.92 Å². The first-order valence-corrected chi connectivity index (χ1v) is 6.93. The number of para-hydroxylation sites is 1. The van der Waals surface area contributed by atoms with E-state index >= 15 is 0 Å². The number of aryl methyl sites for hydroxylation is 1. The molecule has 0 amide bonds. The van der Waals surface area contributed by atoms with Crippen molar-refractivity contribution >= 4 is 27.0 Å². The van der Waals surface area contributed by atoms with Gasteiger partial charge in [-0.2, -0.15) is 0 Å². The predicted molar refractivity (Wildman–Crippen MR) is 81.9 cm³/mol. The van der Waals surface area contributed by atoms with Crippen LogP contribution in [0.2, 0.25) is 0 Å². The van der Waals surface area contributed by atoms with E-state index in [2.05, 4.69) is 40.0 Å². The number of nitrogens with two attached hydrogens (primary N) is 1. The molecule has 1 heterocycles. The van der Waals surface area contributed by atoms with Crippen LogP contribution in [-0.4, -0.2) is 9.97 Å². The topological polar surface area (TPSA) is 54.7 Å².